The number of aryl methyl sites for hydroxylation is 1. The van der Waals surface area contributed by atoms with Gasteiger partial charge in [0.15, 0.2) is 0 Å². The number of nitrogens with one attached hydrogen (secondary N) is 1. The number of anilines is 2. The molecule has 0 amide bonds. The largest absolute Gasteiger partial charge is 0.378 e. The first-order valence-corrected chi connectivity index (χ1v) is 12.0. The molecule has 6 rings (SSSR count). The molecule has 3 aromatic heterocycles. The number of thiophene rings is 1. The number of hydrogen-bond acceptors (Lipinski definition) is 8. The minimum atomic E-state index is 0.281. The Morgan fingerprint density at radius 1 is 1.07 bits per heavy atom. The Labute approximate surface area is 179 Å². The number of ether oxygens (including phenoxy) is 2. The molecule has 0 aromatic carbocycles. The lowest BCUT2D eigenvalue weighted by molar-refractivity contribution is 0.120. The van der Waals surface area contributed by atoms with Crippen LogP contribution < -0.4 is 10.2 Å². The summed E-state index contributed by atoms with van der Waals surface area (Å²) in [5.41, 5.74) is 3.95. The van der Waals surface area contributed by atoms with Crippen LogP contribution in [0.25, 0.3) is 20.4 Å². The standard InChI is InChI=1S/C22H27N5O2S/c1-2-6-16-15(5-1)17-18-19(20(25-13-24-18)23-12-14-4-3-9-29-14)30-22(17)26-21(16)27-7-10-28-11-8-27/h13-14H,1-12H2,(H,23,24,25). The summed E-state index contributed by atoms with van der Waals surface area (Å²) in [4.78, 5) is 18.0. The molecule has 3 aliphatic rings. The van der Waals surface area contributed by atoms with Crippen LogP contribution in [0.5, 0.6) is 0 Å². The molecule has 1 N–H and O–H groups in total. The molecule has 5 heterocycles. The lowest BCUT2D eigenvalue weighted by Gasteiger charge is -2.31. The van der Waals surface area contributed by atoms with Crippen LogP contribution in [0, 0.1) is 0 Å². The van der Waals surface area contributed by atoms with E-state index >= 15 is 0 Å². The summed E-state index contributed by atoms with van der Waals surface area (Å²) in [6, 6.07) is 0. The molecule has 1 unspecified atom stereocenters. The van der Waals surface area contributed by atoms with E-state index in [9.17, 15) is 0 Å². The zero-order valence-electron chi connectivity index (χ0n) is 17.2. The number of nitrogens with zero attached hydrogens (tertiary/aromatic N) is 4. The fraction of sp³-hybridized carbons (Fsp3) is 0.591. The molecule has 7 nitrogen and oxygen atoms in total. The molecule has 0 saturated carbocycles. The van der Waals surface area contributed by atoms with Gasteiger partial charge in [-0.25, -0.2) is 15.0 Å². The zero-order chi connectivity index (χ0) is 19.9. The van der Waals surface area contributed by atoms with Crippen molar-refractivity contribution in [2.24, 2.45) is 0 Å². The second kappa shape index (κ2) is 7.90. The van der Waals surface area contributed by atoms with Crippen LogP contribution in [-0.4, -0.2) is 60.5 Å². The molecular weight excluding hydrogens is 398 g/mol. The van der Waals surface area contributed by atoms with Gasteiger partial charge in [-0.05, 0) is 49.7 Å². The minimum Gasteiger partial charge on any atom is -0.378 e. The second-order valence-corrected chi connectivity index (χ2v) is 9.40. The summed E-state index contributed by atoms with van der Waals surface area (Å²) in [6.45, 7) is 5.07. The summed E-state index contributed by atoms with van der Waals surface area (Å²) in [6.07, 6.45) is 8.93. The van der Waals surface area contributed by atoms with Crippen molar-refractivity contribution < 1.29 is 9.47 Å². The van der Waals surface area contributed by atoms with Gasteiger partial charge in [0, 0.05) is 31.6 Å². The molecule has 8 heteroatoms. The molecular formula is C22H27N5O2S. The Kier molecular flexibility index (Phi) is 4.93. The number of fused-ring (bicyclic) bond motifs is 5. The molecule has 3 aromatic rings. The number of rotatable bonds is 4. The Balaban J connectivity index is 1.46. The van der Waals surface area contributed by atoms with Crippen molar-refractivity contribution in [1.29, 1.82) is 0 Å². The predicted octanol–water partition coefficient (Wildman–Crippen LogP) is 3.55. The van der Waals surface area contributed by atoms with E-state index in [4.69, 9.17) is 19.4 Å². The van der Waals surface area contributed by atoms with E-state index in [2.05, 4.69) is 15.2 Å². The van der Waals surface area contributed by atoms with Gasteiger partial charge in [0.25, 0.3) is 0 Å². The lowest BCUT2D eigenvalue weighted by Crippen LogP contribution is -2.37. The van der Waals surface area contributed by atoms with Gasteiger partial charge in [-0.15, -0.1) is 11.3 Å². The second-order valence-electron chi connectivity index (χ2n) is 8.40. The number of hydrogen-bond donors (Lipinski definition) is 1. The van der Waals surface area contributed by atoms with E-state index in [1.807, 2.05) is 0 Å². The third-order valence-electron chi connectivity index (χ3n) is 6.53. The van der Waals surface area contributed by atoms with Crippen molar-refractivity contribution in [2.75, 3.05) is 49.7 Å². The van der Waals surface area contributed by atoms with Crippen LogP contribution in [0.2, 0.25) is 0 Å². The van der Waals surface area contributed by atoms with Crippen LogP contribution in [0.15, 0.2) is 6.33 Å². The highest BCUT2D eigenvalue weighted by molar-refractivity contribution is 7.26. The maximum absolute atomic E-state index is 5.77. The number of morpholine rings is 1. The first-order valence-electron chi connectivity index (χ1n) is 11.2. The summed E-state index contributed by atoms with van der Waals surface area (Å²) >= 11 is 1.72. The number of aromatic nitrogens is 3. The quantitative estimate of drug-likeness (QED) is 0.685. The molecule has 0 bridgehead atoms. The van der Waals surface area contributed by atoms with Crippen molar-refractivity contribution in [3.05, 3.63) is 17.5 Å². The van der Waals surface area contributed by atoms with Gasteiger partial charge in [0.1, 0.15) is 22.8 Å². The fourth-order valence-corrected chi connectivity index (χ4v) is 6.14. The van der Waals surface area contributed by atoms with E-state index < -0.39 is 0 Å². The Morgan fingerprint density at radius 2 is 1.93 bits per heavy atom. The molecule has 158 valence electrons. The molecule has 2 fully saturated rings. The summed E-state index contributed by atoms with van der Waals surface area (Å²) in [7, 11) is 0. The van der Waals surface area contributed by atoms with Crippen molar-refractivity contribution in [3.8, 4) is 0 Å². The maximum Gasteiger partial charge on any atom is 0.147 e. The van der Waals surface area contributed by atoms with Crippen molar-refractivity contribution in [1.82, 2.24) is 15.0 Å². The van der Waals surface area contributed by atoms with Gasteiger partial charge in [-0.2, -0.15) is 0 Å². The molecule has 1 atom stereocenters. The normalized spacial score (nSPS) is 22.0. The first kappa shape index (κ1) is 18.7. The van der Waals surface area contributed by atoms with E-state index in [-0.39, 0.29) is 6.10 Å². The van der Waals surface area contributed by atoms with Gasteiger partial charge >= 0.3 is 0 Å². The van der Waals surface area contributed by atoms with Crippen LogP contribution in [0.4, 0.5) is 11.6 Å². The highest BCUT2D eigenvalue weighted by Gasteiger charge is 2.26. The third kappa shape index (κ3) is 3.21. The Morgan fingerprint density at radius 3 is 2.77 bits per heavy atom. The van der Waals surface area contributed by atoms with Gasteiger partial charge < -0.3 is 19.7 Å². The third-order valence-corrected chi connectivity index (χ3v) is 7.61. The smallest absolute Gasteiger partial charge is 0.147 e. The van der Waals surface area contributed by atoms with E-state index in [1.165, 1.54) is 35.2 Å². The highest BCUT2D eigenvalue weighted by atomic mass is 32.1. The van der Waals surface area contributed by atoms with Crippen molar-refractivity contribution >= 4 is 43.4 Å². The molecule has 2 saturated heterocycles. The van der Waals surface area contributed by atoms with Crippen LogP contribution in [-0.2, 0) is 22.3 Å². The SMILES string of the molecule is c1nc(NCC2CCCO2)c2sc3nc(N4CCOCC4)c4c(c3c2n1)CCCC4. The van der Waals surface area contributed by atoms with E-state index in [0.717, 1.165) is 86.0 Å². The van der Waals surface area contributed by atoms with Gasteiger partial charge in [0.05, 0.1) is 29.5 Å². The van der Waals surface area contributed by atoms with Crippen molar-refractivity contribution in [2.45, 2.75) is 44.6 Å². The van der Waals surface area contributed by atoms with Gasteiger partial charge in [-0.3, -0.25) is 0 Å². The topological polar surface area (TPSA) is 72.4 Å². The monoisotopic (exact) mass is 425 g/mol. The molecule has 0 radical (unpaired) electrons. The molecule has 2 aliphatic heterocycles. The first-order chi connectivity index (χ1) is 14.9. The summed E-state index contributed by atoms with van der Waals surface area (Å²) < 4.78 is 12.5. The van der Waals surface area contributed by atoms with Crippen LogP contribution in [0.1, 0.15) is 36.8 Å². The average Bonchev–Trinajstić information content (AvgIpc) is 3.45. The molecule has 30 heavy (non-hydrogen) atoms. The van der Waals surface area contributed by atoms with E-state index in [1.54, 1.807) is 17.7 Å². The average molecular weight is 426 g/mol. The Hall–Kier alpha value is -2.03. The Bertz CT molecular complexity index is 1070. The minimum absolute atomic E-state index is 0.281. The van der Waals surface area contributed by atoms with Crippen LogP contribution in [0.3, 0.4) is 0 Å². The maximum atomic E-state index is 5.77. The summed E-state index contributed by atoms with van der Waals surface area (Å²) in [5.74, 6) is 2.09. The summed E-state index contributed by atoms with van der Waals surface area (Å²) in [5, 5.41) is 4.78. The zero-order valence-corrected chi connectivity index (χ0v) is 18.0. The van der Waals surface area contributed by atoms with Crippen molar-refractivity contribution in [3.63, 3.8) is 0 Å². The predicted molar refractivity (Wildman–Crippen MR) is 120 cm³/mol. The molecule has 0 spiro atoms. The number of pyridine rings is 1. The fourth-order valence-electron chi connectivity index (χ4n) is 5.02. The lowest BCUT2D eigenvalue weighted by atomic mass is 9.90. The van der Waals surface area contributed by atoms with E-state index in [0.29, 0.717) is 0 Å². The van der Waals surface area contributed by atoms with Crippen LogP contribution >= 0.6 is 11.3 Å². The molecule has 1 aliphatic carbocycles. The highest BCUT2D eigenvalue weighted by Crippen LogP contribution is 2.42. The van der Waals surface area contributed by atoms with Gasteiger partial charge in [-0.1, -0.05) is 0 Å². The van der Waals surface area contributed by atoms with Gasteiger partial charge in [0.2, 0.25) is 0 Å².